The summed E-state index contributed by atoms with van der Waals surface area (Å²) in [6, 6.07) is 68.5. The van der Waals surface area contributed by atoms with Gasteiger partial charge in [0.1, 0.15) is 0 Å². The van der Waals surface area contributed by atoms with Crippen molar-refractivity contribution in [2.45, 2.75) is 0 Å². The first-order valence-electron chi connectivity index (χ1n) is 18.5. The van der Waals surface area contributed by atoms with E-state index in [-0.39, 0.29) is 0 Å². The Bertz CT molecular complexity index is 3080. The Labute approximate surface area is 317 Å². The summed E-state index contributed by atoms with van der Waals surface area (Å²) in [4.78, 5) is 0. The fourth-order valence-corrected chi connectivity index (χ4v) is 8.10. The Morgan fingerprint density at radius 3 is 1.11 bits per heavy atom. The van der Waals surface area contributed by atoms with Crippen molar-refractivity contribution in [3.05, 3.63) is 194 Å². The molecule has 0 unspecified atom stereocenters. The topological polar surface area (TPSA) is 48.8 Å². The smallest absolute Gasteiger partial charge is 0.248 e. The molecule has 5 heteroatoms. The first-order valence-corrected chi connectivity index (χ1v) is 18.5. The van der Waals surface area contributed by atoms with Crippen LogP contribution in [0, 0.1) is 0 Å². The molecule has 0 saturated heterocycles. The molecule has 8 aromatic carbocycles. The van der Waals surface area contributed by atoms with Crippen molar-refractivity contribution in [1.82, 2.24) is 19.3 Å². The molecule has 0 N–H and O–H groups in total. The monoisotopic (exact) mass is 704 g/mol. The zero-order valence-electron chi connectivity index (χ0n) is 29.7. The van der Waals surface area contributed by atoms with Crippen molar-refractivity contribution in [2.24, 2.45) is 0 Å². The Morgan fingerprint density at radius 1 is 0.291 bits per heavy atom. The lowest BCUT2D eigenvalue weighted by Gasteiger charge is -2.10. The van der Waals surface area contributed by atoms with Crippen LogP contribution in [0.15, 0.2) is 199 Å². The highest BCUT2D eigenvalue weighted by Gasteiger charge is 2.15. The Morgan fingerprint density at radius 2 is 0.655 bits per heavy atom. The van der Waals surface area contributed by atoms with E-state index in [2.05, 4.69) is 189 Å². The molecule has 3 aromatic heterocycles. The highest BCUT2D eigenvalue weighted by Crippen LogP contribution is 2.35. The number of hydrogen-bond acceptors (Lipinski definition) is 3. The summed E-state index contributed by atoms with van der Waals surface area (Å²) in [6.45, 7) is 0. The zero-order chi connectivity index (χ0) is 36.3. The molecule has 0 saturated carbocycles. The van der Waals surface area contributed by atoms with Gasteiger partial charge in [-0.05, 0) is 95.1 Å². The van der Waals surface area contributed by atoms with Crippen LogP contribution in [0.5, 0.6) is 0 Å². The van der Waals surface area contributed by atoms with Crippen molar-refractivity contribution >= 4 is 43.6 Å². The largest absolute Gasteiger partial charge is 0.416 e. The van der Waals surface area contributed by atoms with Crippen LogP contribution in [-0.4, -0.2) is 19.3 Å². The highest BCUT2D eigenvalue weighted by molar-refractivity contribution is 6.10. The van der Waals surface area contributed by atoms with E-state index in [0.29, 0.717) is 11.8 Å². The number of benzene rings is 8. The molecule has 11 rings (SSSR count). The van der Waals surface area contributed by atoms with E-state index in [1.807, 2.05) is 24.3 Å². The second-order valence-corrected chi connectivity index (χ2v) is 13.9. The van der Waals surface area contributed by atoms with E-state index in [0.717, 1.165) is 44.8 Å². The van der Waals surface area contributed by atoms with Crippen LogP contribution in [0.4, 0.5) is 0 Å². The number of nitrogens with zero attached hydrogens (tertiary/aromatic N) is 4. The van der Waals surface area contributed by atoms with Crippen LogP contribution in [0.1, 0.15) is 0 Å². The van der Waals surface area contributed by atoms with Crippen molar-refractivity contribution in [2.75, 3.05) is 0 Å². The fourth-order valence-electron chi connectivity index (χ4n) is 8.10. The summed E-state index contributed by atoms with van der Waals surface area (Å²) in [5.41, 5.74) is 13.3. The number of fused-ring (bicyclic) bond motifs is 6. The third-order valence-corrected chi connectivity index (χ3v) is 10.7. The van der Waals surface area contributed by atoms with Crippen molar-refractivity contribution in [1.29, 1.82) is 0 Å². The summed E-state index contributed by atoms with van der Waals surface area (Å²) in [7, 11) is 0. The fraction of sp³-hybridized carbons (Fsp3) is 0. The first kappa shape index (κ1) is 31.1. The molecule has 0 bridgehead atoms. The summed E-state index contributed by atoms with van der Waals surface area (Å²) in [6.07, 6.45) is 0. The normalized spacial score (nSPS) is 11.6. The van der Waals surface area contributed by atoms with Gasteiger partial charge in [-0.3, -0.25) is 0 Å². The maximum atomic E-state index is 6.20. The van der Waals surface area contributed by atoms with Crippen LogP contribution in [-0.2, 0) is 0 Å². The van der Waals surface area contributed by atoms with Gasteiger partial charge in [-0.1, -0.05) is 121 Å². The van der Waals surface area contributed by atoms with Crippen LogP contribution in [0.2, 0.25) is 0 Å². The molecule has 0 aliphatic rings. The molecule has 11 aromatic rings. The Balaban J connectivity index is 0.832. The summed E-state index contributed by atoms with van der Waals surface area (Å²) < 4.78 is 10.9. The van der Waals surface area contributed by atoms with E-state index >= 15 is 0 Å². The van der Waals surface area contributed by atoms with Gasteiger partial charge in [-0.15, -0.1) is 10.2 Å². The van der Waals surface area contributed by atoms with Crippen LogP contribution < -0.4 is 0 Å². The van der Waals surface area contributed by atoms with Crippen molar-refractivity contribution < 1.29 is 4.42 Å². The van der Waals surface area contributed by atoms with E-state index in [4.69, 9.17) is 4.42 Å². The van der Waals surface area contributed by atoms with E-state index in [9.17, 15) is 0 Å². The van der Waals surface area contributed by atoms with Gasteiger partial charge in [0.25, 0.3) is 0 Å². The third-order valence-electron chi connectivity index (χ3n) is 10.7. The number of hydrogen-bond donors (Lipinski definition) is 0. The van der Waals surface area contributed by atoms with Gasteiger partial charge in [-0.25, -0.2) is 0 Å². The lowest BCUT2D eigenvalue weighted by Crippen LogP contribution is -1.94. The average molecular weight is 705 g/mol. The quantitative estimate of drug-likeness (QED) is 0.173. The summed E-state index contributed by atoms with van der Waals surface area (Å²) in [5.74, 6) is 0.983. The van der Waals surface area contributed by atoms with Crippen molar-refractivity contribution in [3.8, 4) is 56.5 Å². The van der Waals surface area contributed by atoms with Crippen LogP contribution >= 0.6 is 0 Å². The molecule has 0 atom stereocenters. The van der Waals surface area contributed by atoms with Gasteiger partial charge in [0.05, 0.1) is 22.1 Å². The van der Waals surface area contributed by atoms with Gasteiger partial charge in [0, 0.05) is 44.0 Å². The molecule has 3 heterocycles. The third kappa shape index (κ3) is 5.17. The Kier molecular flexibility index (Phi) is 7.10. The van der Waals surface area contributed by atoms with Gasteiger partial charge in [-0.2, -0.15) is 0 Å². The number of para-hydroxylation sites is 4. The molecule has 258 valence electrons. The number of rotatable bonds is 6. The average Bonchev–Trinajstić information content (AvgIpc) is 3.98. The molecule has 0 radical (unpaired) electrons. The van der Waals surface area contributed by atoms with E-state index < -0.39 is 0 Å². The molecule has 0 fully saturated rings. The summed E-state index contributed by atoms with van der Waals surface area (Å²) in [5, 5.41) is 13.8. The lowest BCUT2D eigenvalue weighted by molar-refractivity contribution is 0.584. The molecule has 0 amide bonds. The molecule has 0 aliphatic heterocycles. The minimum Gasteiger partial charge on any atom is -0.416 e. The van der Waals surface area contributed by atoms with E-state index in [1.165, 1.54) is 43.6 Å². The Hall–Kier alpha value is -7.50. The molecular weight excluding hydrogens is 673 g/mol. The maximum absolute atomic E-state index is 6.20. The lowest BCUT2D eigenvalue weighted by atomic mass is 10.0. The van der Waals surface area contributed by atoms with Gasteiger partial charge in [0.2, 0.25) is 11.8 Å². The minimum absolute atomic E-state index is 0.491. The maximum Gasteiger partial charge on any atom is 0.248 e. The minimum atomic E-state index is 0.491. The first-order chi connectivity index (χ1) is 27.3. The summed E-state index contributed by atoms with van der Waals surface area (Å²) >= 11 is 0. The molecule has 55 heavy (non-hydrogen) atoms. The second-order valence-electron chi connectivity index (χ2n) is 13.9. The van der Waals surface area contributed by atoms with Crippen molar-refractivity contribution in [3.63, 3.8) is 0 Å². The van der Waals surface area contributed by atoms with E-state index in [1.54, 1.807) is 0 Å². The SMILES string of the molecule is c1cc(-c2ccc(-c3nnc(-c4ccc(-c5ccc(-n6c7ccccc7c7ccccc76)cc5)cc4)o3)cc2)cc(-n2c3ccccc3c3ccccc32)c1. The predicted molar refractivity (Wildman–Crippen MR) is 225 cm³/mol. The number of aromatic nitrogens is 4. The van der Waals surface area contributed by atoms with Crippen LogP contribution in [0.25, 0.3) is 100 Å². The molecule has 0 spiro atoms. The van der Waals surface area contributed by atoms with Gasteiger partial charge >= 0.3 is 0 Å². The van der Waals surface area contributed by atoms with Gasteiger partial charge in [0.15, 0.2) is 0 Å². The predicted octanol–water partition coefficient (Wildman–Crippen LogP) is 12.9. The van der Waals surface area contributed by atoms with Gasteiger partial charge < -0.3 is 13.6 Å². The van der Waals surface area contributed by atoms with Crippen LogP contribution in [0.3, 0.4) is 0 Å². The highest BCUT2D eigenvalue weighted by atomic mass is 16.4. The molecule has 0 aliphatic carbocycles. The molecular formula is C50H32N4O. The zero-order valence-corrected chi connectivity index (χ0v) is 29.7. The standard InChI is InChI=1S/C50H32N4O/c1-5-16-45-41(12-1)42-13-2-6-17-46(42)53(45)39-30-28-34(29-31-39)33-20-24-36(25-21-33)49-51-52-50(55-49)37-26-22-35(23-27-37)38-10-9-11-40(32-38)54-47-18-7-3-14-43(47)44-15-4-8-19-48(44)54/h1-32H. The molecule has 5 nitrogen and oxygen atoms in total. The second kappa shape index (κ2) is 12.6.